The van der Waals surface area contributed by atoms with Crippen molar-refractivity contribution < 1.29 is 4.52 Å². The molecule has 4 nitrogen and oxygen atoms in total. The standard InChI is InChI=1S/C9H13N3O/c1-2-6(1)9-11-8(12-13-9)7-3-4-10-5-7/h6-7,10H,1-5H2. The van der Waals surface area contributed by atoms with Crippen LogP contribution in [0.2, 0.25) is 0 Å². The average molecular weight is 179 g/mol. The third-order valence-electron chi connectivity index (χ3n) is 2.81. The summed E-state index contributed by atoms with van der Waals surface area (Å²) in [7, 11) is 0. The fourth-order valence-corrected chi connectivity index (χ4v) is 1.78. The van der Waals surface area contributed by atoms with E-state index in [0.717, 1.165) is 31.2 Å². The minimum Gasteiger partial charge on any atom is -0.339 e. The van der Waals surface area contributed by atoms with E-state index in [1.807, 2.05) is 0 Å². The van der Waals surface area contributed by atoms with Gasteiger partial charge in [-0.3, -0.25) is 0 Å². The van der Waals surface area contributed by atoms with Gasteiger partial charge in [-0.15, -0.1) is 0 Å². The molecule has 1 saturated heterocycles. The van der Waals surface area contributed by atoms with Crippen molar-refractivity contribution in [2.24, 2.45) is 0 Å². The Balaban J connectivity index is 1.79. The Morgan fingerprint density at radius 3 is 2.85 bits per heavy atom. The van der Waals surface area contributed by atoms with Crippen LogP contribution in [0, 0.1) is 0 Å². The molecule has 0 bridgehead atoms. The van der Waals surface area contributed by atoms with E-state index in [0.29, 0.717) is 11.8 Å². The van der Waals surface area contributed by atoms with Crippen molar-refractivity contribution in [1.29, 1.82) is 0 Å². The highest BCUT2D eigenvalue weighted by Gasteiger charge is 2.31. The fraction of sp³-hybridized carbons (Fsp3) is 0.778. The predicted octanol–water partition coefficient (Wildman–Crippen LogP) is 1.02. The third kappa shape index (κ3) is 1.35. The van der Waals surface area contributed by atoms with Crippen molar-refractivity contribution in [2.45, 2.75) is 31.1 Å². The highest BCUT2D eigenvalue weighted by atomic mass is 16.5. The van der Waals surface area contributed by atoms with Gasteiger partial charge in [0.25, 0.3) is 0 Å². The number of nitrogens with one attached hydrogen (secondary N) is 1. The molecule has 1 aliphatic heterocycles. The average Bonchev–Trinajstić information content (AvgIpc) is 2.72. The van der Waals surface area contributed by atoms with Crippen LogP contribution < -0.4 is 5.32 Å². The molecular weight excluding hydrogens is 166 g/mol. The van der Waals surface area contributed by atoms with Gasteiger partial charge in [0.1, 0.15) is 0 Å². The second-order valence-corrected chi connectivity index (χ2v) is 3.95. The summed E-state index contributed by atoms with van der Waals surface area (Å²) < 4.78 is 5.21. The van der Waals surface area contributed by atoms with Crippen LogP contribution in [0.4, 0.5) is 0 Å². The van der Waals surface area contributed by atoms with E-state index in [9.17, 15) is 0 Å². The summed E-state index contributed by atoms with van der Waals surface area (Å²) >= 11 is 0. The van der Waals surface area contributed by atoms with Gasteiger partial charge in [-0.2, -0.15) is 4.98 Å². The van der Waals surface area contributed by atoms with Crippen molar-refractivity contribution in [3.8, 4) is 0 Å². The van der Waals surface area contributed by atoms with Gasteiger partial charge in [-0.05, 0) is 25.8 Å². The molecule has 1 N–H and O–H groups in total. The first-order chi connectivity index (χ1) is 6.43. The summed E-state index contributed by atoms with van der Waals surface area (Å²) in [6.07, 6.45) is 3.60. The van der Waals surface area contributed by atoms with Crippen molar-refractivity contribution in [3.05, 3.63) is 11.7 Å². The zero-order chi connectivity index (χ0) is 8.67. The molecule has 0 aromatic carbocycles. The van der Waals surface area contributed by atoms with Crippen LogP contribution in [-0.4, -0.2) is 23.2 Å². The molecule has 1 atom stereocenters. The maximum atomic E-state index is 5.21. The van der Waals surface area contributed by atoms with Crippen molar-refractivity contribution in [2.75, 3.05) is 13.1 Å². The Morgan fingerprint density at radius 1 is 1.23 bits per heavy atom. The Morgan fingerprint density at radius 2 is 2.15 bits per heavy atom. The number of aromatic nitrogens is 2. The van der Waals surface area contributed by atoms with Gasteiger partial charge in [0.15, 0.2) is 5.82 Å². The molecule has 2 heterocycles. The number of hydrogen-bond acceptors (Lipinski definition) is 4. The summed E-state index contributed by atoms with van der Waals surface area (Å²) in [5.74, 6) is 2.83. The molecule has 2 fully saturated rings. The SMILES string of the molecule is C1CC(c2noc(C3CC3)n2)CN1. The van der Waals surface area contributed by atoms with Crippen molar-refractivity contribution in [1.82, 2.24) is 15.5 Å². The summed E-state index contributed by atoms with van der Waals surface area (Å²) in [6, 6.07) is 0. The lowest BCUT2D eigenvalue weighted by Gasteiger charge is -1.98. The Hall–Kier alpha value is -0.900. The fourth-order valence-electron chi connectivity index (χ4n) is 1.78. The van der Waals surface area contributed by atoms with Gasteiger partial charge in [-0.25, -0.2) is 0 Å². The van der Waals surface area contributed by atoms with Gasteiger partial charge in [0.05, 0.1) is 0 Å². The number of nitrogens with zero attached hydrogens (tertiary/aromatic N) is 2. The zero-order valence-corrected chi connectivity index (χ0v) is 7.49. The van der Waals surface area contributed by atoms with Crippen LogP contribution in [0.15, 0.2) is 4.52 Å². The first kappa shape index (κ1) is 7.50. The van der Waals surface area contributed by atoms with E-state index in [1.54, 1.807) is 0 Å². The quantitative estimate of drug-likeness (QED) is 0.736. The van der Waals surface area contributed by atoms with E-state index in [1.165, 1.54) is 12.8 Å². The molecular formula is C9H13N3O. The topological polar surface area (TPSA) is 51.0 Å². The van der Waals surface area contributed by atoms with Gasteiger partial charge < -0.3 is 9.84 Å². The summed E-state index contributed by atoms with van der Waals surface area (Å²) in [5.41, 5.74) is 0. The molecule has 1 aromatic heterocycles. The molecule has 70 valence electrons. The Labute approximate surface area is 76.7 Å². The highest BCUT2D eigenvalue weighted by Crippen LogP contribution is 2.39. The summed E-state index contributed by atoms with van der Waals surface area (Å²) in [6.45, 7) is 2.08. The van der Waals surface area contributed by atoms with E-state index in [2.05, 4.69) is 15.5 Å². The second-order valence-electron chi connectivity index (χ2n) is 3.95. The number of rotatable bonds is 2. The lowest BCUT2D eigenvalue weighted by atomic mass is 10.1. The monoisotopic (exact) mass is 179 g/mol. The smallest absolute Gasteiger partial charge is 0.229 e. The zero-order valence-electron chi connectivity index (χ0n) is 7.49. The molecule has 1 saturated carbocycles. The molecule has 2 aliphatic rings. The largest absolute Gasteiger partial charge is 0.339 e. The molecule has 0 amide bonds. The summed E-state index contributed by atoms with van der Waals surface area (Å²) in [5, 5.41) is 7.34. The molecule has 1 aliphatic carbocycles. The van der Waals surface area contributed by atoms with Gasteiger partial charge in [-0.1, -0.05) is 5.16 Å². The molecule has 0 radical (unpaired) electrons. The Bertz CT molecular complexity index is 300. The first-order valence-corrected chi connectivity index (χ1v) is 4.97. The first-order valence-electron chi connectivity index (χ1n) is 4.97. The summed E-state index contributed by atoms with van der Waals surface area (Å²) in [4.78, 5) is 4.44. The lowest BCUT2D eigenvalue weighted by Crippen LogP contribution is -2.08. The molecule has 3 rings (SSSR count). The minimum atomic E-state index is 0.483. The number of hydrogen-bond donors (Lipinski definition) is 1. The molecule has 0 spiro atoms. The molecule has 4 heteroatoms. The van der Waals surface area contributed by atoms with Crippen LogP contribution in [-0.2, 0) is 0 Å². The molecule has 1 aromatic rings. The second kappa shape index (κ2) is 2.80. The van der Waals surface area contributed by atoms with Crippen molar-refractivity contribution in [3.63, 3.8) is 0 Å². The van der Waals surface area contributed by atoms with E-state index in [4.69, 9.17) is 4.52 Å². The van der Waals surface area contributed by atoms with Crippen LogP contribution >= 0.6 is 0 Å². The van der Waals surface area contributed by atoms with Gasteiger partial charge in [0, 0.05) is 18.4 Å². The normalized spacial score (nSPS) is 28.2. The van der Waals surface area contributed by atoms with E-state index >= 15 is 0 Å². The highest BCUT2D eigenvalue weighted by molar-refractivity contribution is 5.05. The maximum absolute atomic E-state index is 5.21. The maximum Gasteiger partial charge on any atom is 0.229 e. The van der Waals surface area contributed by atoms with Crippen LogP contribution in [0.1, 0.15) is 42.8 Å². The van der Waals surface area contributed by atoms with E-state index in [-0.39, 0.29) is 0 Å². The minimum absolute atomic E-state index is 0.483. The van der Waals surface area contributed by atoms with Crippen LogP contribution in [0.5, 0.6) is 0 Å². The predicted molar refractivity (Wildman–Crippen MR) is 46.5 cm³/mol. The van der Waals surface area contributed by atoms with Gasteiger partial charge >= 0.3 is 0 Å². The molecule has 1 unspecified atom stereocenters. The van der Waals surface area contributed by atoms with E-state index < -0.39 is 0 Å². The van der Waals surface area contributed by atoms with Crippen molar-refractivity contribution >= 4 is 0 Å². The van der Waals surface area contributed by atoms with Crippen LogP contribution in [0.3, 0.4) is 0 Å². The third-order valence-corrected chi connectivity index (χ3v) is 2.81. The van der Waals surface area contributed by atoms with Crippen LogP contribution in [0.25, 0.3) is 0 Å². The Kier molecular flexibility index (Phi) is 1.62. The van der Waals surface area contributed by atoms with Gasteiger partial charge in [0.2, 0.25) is 5.89 Å². The lowest BCUT2D eigenvalue weighted by molar-refractivity contribution is 0.371. The molecule has 13 heavy (non-hydrogen) atoms.